The molecule has 12 heteroatoms. The molecule has 0 saturated carbocycles. The number of hydrogen-bond donors (Lipinski definition) is 0. The fourth-order valence-electron chi connectivity index (χ4n) is 23.2. The van der Waals surface area contributed by atoms with Crippen LogP contribution in [0.25, 0.3) is 235 Å². The van der Waals surface area contributed by atoms with Gasteiger partial charge in [-0.1, -0.05) is 263 Å². The van der Waals surface area contributed by atoms with Gasteiger partial charge in [0.1, 0.15) is 0 Å². The van der Waals surface area contributed by atoms with Crippen molar-refractivity contribution in [3.8, 4) is 85.1 Å². The molecule has 30 aromatic rings. The number of para-hydroxylation sites is 9. The summed E-state index contributed by atoms with van der Waals surface area (Å²) in [5, 5.41) is 27.4. The molecule has 684 valence electrons. The van der Waals surface area contributed by atoms with Crippen LogP contribution in [0.3, 0.4) is 0 Å². The van der Waals surface area contributed by atoms with E-state index < -0.39 is 0 Å². The van der Waals surface area contributed by atoms with E-state index >= 15 is 0 Å². The van der Waals surface area contributed by atoms with Crippen LogP contribution in [-0.2, 0) is 5.41 Å². The molecule has 0 radical (unpaired) electrons. The summed E-state index contributed by atoms with van der Waals surface area (Å²) in [5.74, 6) is 1.56. The summed E-state index contributed by atoms with van der Waals surface area (Å²) in [6, 6.07) is 176. The molecule has 1 aliphatic carbocycles. The van der Waals surface area contributed by atoms with Gasteiger partial charge in [-0.25, -0.2) is 0 Å². The van der Waals surface area contributed by atoms with Gasteiger partial charge in [0.25, 0.3) is 0 Å². The van der Waals surface area contributed by atoms with Gasteiger partial charge in [0, 0.05) is 106 Å². The minimum atomic E-state index is -0.0318. The Bertz CT molecular complexity index is 10300. The summed E-state index contributed by atoms with van der Waals surface area (Å²) in [5.41, 5.74) is 32.9. The van der Waals surface area contributed by atoms with E-state index in [1.807, 2.05) is 24.3 Å². The van der Waals surface area contributed by atoms with Gasteiger partial charge in [0.2, 0.25) is 5.95 Å². The number of fused-ring (bicyclic) bond motifs is 26. The van der Waals surface area contributed by atoms with Crippen molar-refractivity contribution in [1.82, 2.24) is 51.3 Å². The first-order valence-corrected chi connectivity index (χ1v) is 51.2. The third-order valence-corrected chi connectivity index (χ3v) is 32.2. The molecule has 0 N–H and O–H groups in total. The van der Waals surface area contributed by atoms with E-state index in [-0.39, 0.29) is 19.9 Å². The SMILES string of the molecule is CC1(C)c2ccccc2-c2ccc(-n3c4ccccc4c4c5c(ccc43)ccn5-c3ccccc3)cc21.c1ccc(-c2cccc(-n3c4ccccc4c4c5c(ccc43)ccn5-c3ccccc3)c2)cc1.c1ccc(-c2nnc(-n3c4ccccc4c4c5c(ccc43)ccn5-c3ccccc3)n2-c2ccccc2)cc1.c1ccc(-n2ccc3ccc4c(c5ccccc5n4-c4cccc5c4[se]c4ccccc45)c32)cc1. The van der Waals surface area contributed by atoms with E-state index in [1.165, 1.54) is 207 Å². The molecule has 0 amide bonds. The summed E-state index contributed by atoms with van der Waals surface area (Å²) >= 11 is 0.286. The number of nitrogens with zero attached hydrogens (tertiary/aromatic N) is 11. The van der Waals surface area contributed by atoms with E-state index in [2.05, 4.69) is 547 Å². The average molecular weight is 1920 g/mol. The molecule has 0 saturated heterocycles. The number of hydrogen-bond acceptors (Lipinski definition) is 2. The normalized spacial score (nSPS) is 12.3. The standard InChI is InChI=1S/C35H26N2.C34H23N5.C32H20N2Se.C32H22N2/c1-35(2)29-14-8-6-12-26(29)27-18-17-25(22-30(27)35)37-31-15-9-7-13-28(31)33-32(37)19-16-23-20-21-36(34(23)33)24-10-4-3-5-11-24;1-4-12-25(13-5-1)33-35-36-34(38(33)27-16-8-3-9-17-27)39-29-19-11-10-18-28(29)31-30(39)21-20-24-22-23-37(32(24)31)26-14-6-2-7-15-26;1-2-9-22(10-3-1)33-20-19-21-17-18-27-30(31(21)33)25-12-4-6-14-26(25)34(27)28-15-8-13-24-23-11-5-7-16-29(23)35-32(24)28;1-3-10-23(11-4-1)25-12-9-15-27(22-25)34-29-17-8-7-16-28(29)31-30(34)19-18-24-20-21-33(32(24)31)26-13-5-2-6-14-26/h3-22H,1-2H3;1-23H;1-20H;1-22H. The van der Waals surface area contributed by atoms with Crippen molar-refractivity contribution in [2.45, 2.75) is 19.3 Å². The number of aromatic nitrogens is 11. The Morgan fingerprint density at radius 3 is 1.03 bits per heavy atom. The molecule has 10 aromatic heterocycles. The molecule has 1 aliphatic rings. The molecule has 0 spiro atoms. The molecule has 0 unspecified atom stereocenters. The quantitative estimate of drug-likeness (QED) is 0.121. The van der Waals surface area contributed by atoms with Gasteiger partial charge in [0.05, 0.1) is 55.3 Å². The van der Waals surface area contributed by atoms with Crippen LogP contribution in [0.5, 0.6) is 0 Å². The zero-order valence-electron chi connectivity index (χ0n) is 79.4. The predicted molar refractivity (Wildman–Crippen MR) is 606 cm³/mol. The summed E-state index contributed by atoms with van der Waals surface area (Å²) in [6.07, 6.45) is 8.74. The molecule has 10 heterocycles. The van der Waals surface area contributed by atoms with Gasteiger partial charge >= 0.3 is 208 Å². The summed E-state index contributed by atoms with van der Waals surface area (Å²) < 4.78 is 24.0. The predicted octanol–water partition coefficient (Wildman–Crippen LogP) is 33.5. The van der Waals surface area contributed by atoms with Crippen LogP contribution in [0, 0.1) is 0 Å². The molecule has 0 fully saturated rings. The molecule has 31 rings (SSSR count). The van der Waals surface area contributed by atoms with Crippen LogP contribution >= 0.6 is 0 Å². The van der Waals surface area contributed by atoms with Gasteiger partial charge in [-0.05, 0) is 161 Å². The average Bonchev–Trinajstić information content (AvgIpc) is 1.56. The van der Waals surface area contributed by atoms with Gasteiger partial charge in [-0.2, -0.15) is 0 Å². The van der Waals surface area contributed by atoms with E-state index in [9.17, 15) is 0 Å². The van der Waals surface area contributed by atoms with Crippen LogP contribution in [0.15, 0.2) is 516 Å². The number of rotatable bonds is 11. The van der Waals surface area contributed by atoms with Crippen molar-refractivity contribution in [3.05, 3.63) is 527 Å². The van der Waals surface area contributed by atoms with E-state index in [0.29, 0.717) is 0 Å². The third kappa shape index (κ3) is 13.7. The van der Waals surface area contributed by atoms with Gasteiger partial charge in [-0.15, -0.1) is 10.2 Å². The summed E-state index contributed by atoms with van der Waals surface area (Å²) in [4.78, 5) is 0. The van der Waals surface area contributed by atoms with Crippen LogP contribution < -0.4 is 0 Å². The molecule has 145 heavy (non-hydrogen) atoms. The van der Waals surface area contributed by atoms with Crippen molar-refractivity contribution in [2.24, 2.45) is 0 Å². The van der Waals surface area contributed by atoms with Crippen LogP contribution in [0.2, 0.25) is 0 Å². The van der Waals surface area contributed by atoms with E-state index in [1.54, 1.807) is 0 Å². The monoisotopic (exact) mass is 1920 g/mol. The minimum absolute atomic E-state index is 0.0318. The zero-order chi connectivity index (χ0) is 95.9. The first kappa shape index (κ1) is 84.5. The van der Waals surface area contributed by atoms with Gasteiger partial charge in [-0.3, -0.25) is 9.13 Å². The van der Waals surface area contributed by atoms with E-state index in [4.69, 9.17) is 10.2 Å². The molecule has 0 bridgehead atoms. The Hall–Kier alpha value is -18.6. The fraction of sp³-hybridized carbons (Fsp3) is 0.0226. The Balaban J connectivity index is 0.0000000939. The van der Waals surface area contributed by atoms with Gasteiger partial charge in [0.15, 0.2) is 5.82 Å². The van der Waals surface area contributed by atoms with Crippen LogP contribution in [0.1, 0.15) is 25.0 Å². The van der Waals surface area contributed by atoms with Gasteiger partial charge < -0.3 is 22.8 Å². The topological polar surface area (TPSA) is 70.2 Å². The van der Waals surface area contributed by atoms with Crippen molar-refractivity contribution < 1.29 is 0 Å². The Labute approximate surface area is 841 Å². The van der Waals surface area contributed by atoms with E-state index in [0.717, 1.165) is 39.7 Å². The Kier molecular flexibility index (Phi) is 20.1. The Morgan fingerprint density at radius 2 is 0.559 bits per heavy atom. The summed E-state index contributed by atoms with van der Waals surface area (Å²) in [6.45, 7) is 4.70. The summed E-state index contributed by atoms with van der Waals surface area (Å²) in [7, 11) is 0. The molecule has 20 aromatic carbocycles. The molecular formula is C133H91N11Se. The molecule has 0 aliphatic heterocycles. The molecular weight excluding hydrogens is 1830 g/mol. The second-order valence-electron chi connectivity index (χ2n) is 38.0. The number of benzene rings is 20. The van der Waals surface area contributed by atoms with Crippen LogP contribution in [0.4, 0.5) is 0 Å². The molecule has 0 atom stereocenters. The Morgan fingerprint density at radius 1 is 0.214 bits per heavy atom. The van der Waals surface area contributed by atoms with Crippen molar-refractivity contribution >= 4 is 165 Å². The first-order chi connectivity index (χ1) is 71.8. The second-order valence-corrected chi connectivity index (χ2v) is 40.2. The van der Waals surface area contributed by atoms with Crippen molar-refractivity contribution in [2.75, 3.05) is 0 Å². The van der Waals surface area contributed by atoms with Crippen molar-refractivity contribution in [1.29, 1.82) is 0 Å². The third-order valence-electron chi connectivity index (χ3n) is 29.6. The second kappa shape index (κ2) is 34.4. The maximum atomic E-state index is 4.83. The first-order valence-electron chi connectivity index (χ1n) is 49.5. The zero-order valence-corrected chi connectivity index (χ0v) is 81.1. The maximum absolute atomic E-state index is 4.83. The molecule has 11 nitrogen and oxygen atoms in total. The van der Waals surface area contributed by atoms with Crippen LogP contribution in [-0.4, -0.2) is 65.8 Å². The van der Waals surface area contributed by atoms with Crippen molar-refractivity contribution in [3.63, 3.8) is 0 Å². The fourth-order valence-corrected chi connectivity index (χ4v) is 25.7.